The first-order valence-electron chi connectivity index (χ1n) is 5.73. The predicted molar refractivity (Wildman–Crippen MR) is 79.6 cm³/mol. The van der Waals surface area contributed by atoms with E-state index < -0.39 is 4.92 Å². The van der Waals surface area contributed by atoms with Gasteiger partial charge in [-0.05, 0) is 18.2 Å². The second-order valence-corrected chi connectivity index (χ2v) is 5.40. The maximum Gasteiger partial charge on any atom is 0.270 e. The van der Waals surface area contributed by atoms with Gasteiger partial charge in [-0.25, -0.2) is 0 Å². The van der Waals surface area contributed by atoms with E-state index >= 15 is 0 Å². The van der Waals surface area contributed by atoms with E-state index in [4.69, 9.17) is 11.6 Å². The summed E-state index contributed by atoms with van der Waals surface area (Å²) in [6, 6.07) is 13.3. The average molecular weight is 308 g/mol. The number of benzene rings is 2. The van der Waals surface area contributed by atoms with Crippen LogP contribution in [0.15, 0.2) is 53.4 Å². The fourth-order valence-corrected chi connectivity index (χ4v) is 2.61. The summed E-state index contributed by atoms with van der Waals surface area (Å²) >= 11 is 7.29. The van der Waals surface area contributed by atoms with Gasteiger partial charge in [0.15, 0.2) is 5.78 Å². The highest BCUT2D eigenvalue weighted by atomic mass is 35.5. The highest BCUT2D eigenvalue weighted by molar-refractivity contribution is 8.00. The average Bonchev–Trinajstić information content (AvgIpc) is 2.46. The van der Waals surface area contributed by atoms with Gasteiger partial charge in [0.05, 0.1) is 15.7 Å². The summed E-state index contributed by atoms with van der Waals surface area (Å²) in [6.07, 6.45) is 0. The van der Waals surface area contributed by atoms with Gasteiger partial charge >= 0.3 is 0 Å². The number of hydrogen-bond donors (Lipinski definition) is 0. The Balaban J connectivity index is 2.13. The molecule has 2 aromatic rings. The lowest BCUT2D eigenvalue weighted by atomic mass is 10.1. The van der Waals surface area contributed by atoms with Crippen molar-refractivity contribution in [1.29, 1.82) is 0 Å². The largest absolute Gasteiger partial charge is 0.293 e. The molecule has 0 saturated carbocycles. The molecule has 2 rings (SSSR count). The lowest BCUT2D eigenvalue weighted by Crippen LogP contribution is -2.04. The second-order valence-electron chi connectivity index (χ2n) is 3.95. The molecule has 2 aromatic carbocycles. The summed E-state index contributed by atoms with van der Waals surface area (Å²) in [4.78, 5) is 23.2. The van der Waals surface area contributed by atoms with E-state index in [0.717, 1.165) is 4.90 Å². The van der Waals surface area contributed by atoms with E-state index in [9.17, 15) is 14.9 Å². The summed E-state index contributed by atoms with van der Waals surface area (Å²) in [7, 11) is 0. The van der Waals surface area contributed by atoms with Crippen LogP contribution in [0.2, 0.25) is 5.02 Å². The number of carbonyl (C=O) groups is 1. The number of thioether (sulfide) groups is 1. The first kappa shape index (κ1) is 14.6. The van der Waals surface area contributed by atoms with Crippen LogP contribution in [0.25, 0.3) is 0 Å². The van der Waals surface area contributed by atoms with Gasteiger partial charge in [0.25, 0.3) is 5.69 Å². The van der Waals surface area contributed by atoms with E-state index in [2.05, 4.69) is 0 Å². The zero-order chi connectivity index (χ0) is 14.5. The Labute approximate surface area is 124 Å². The predicted octanol–water partition coefficient (Wildman–Crippen LogP) is 4.22. The van der Waals surface area contributed by atoms with E-state index in [-0.39, 0.29) is 27.8 Å². The summed E-state index contributed by atoms with van der Waals surface area (Å²) in [6.45, 7) is 0. The summed E-state index contributed by atoms with van der Waals surface area (Å²) < 4.78 is 0. The third kappa shape index (κ3) is 3.59. The summed E-state index contributed by atoms with van der Waals surface area (Å²) in [5, 5.41) is 10.9. The third-order valence-electron chi connectivity index (χ3n) is 2.57. The molecule has 0 aliphatic heterocycles. The van der Waals surface area contributed by atoms with Crippen LogP contribution in [0, 0.1) is 10.1 Å². The molecular formula is C14H10ClNO3S. The van der Waals surface area contributed by atoms with Gasteiger partial charge in [-0.3, -0.25) is 14.9 Å². The van der Waals surface area contributed by atoms with E-state index in [1.54, 1.807) is 0 Å². The molecule has 0 amide bonds. The first-order valence-corrected chi connectivity index (χ1v) is 7.09. The Kier molecular flexibility index (Phi) is 4.76. The standard InChI is InChI=1S/C14H10ClNO3S/c15-13-7-6-10(16(18)19)8-12(13)14(17)9-20-11-4-2-1-3-5-11/h1-8H,9H2. The van der Waals surface area contributed by atoms with Crippen LogP contribution in [-0.2, 0) is 0 Å². The molecule has 6 heteroatoms. The van der Waals surface area contributed by atoms with Crippen molar-refractivity contribution < 1.29 is 9.72 Å². The van der Waals surface area contributed by atoms with E-state index in [1.807, 2.05) is 30.3 Å². The molecular weight excluding hydrogens is 298 g/mol. The molecule has 0 unspecified atom stereocenters. The lowest BCUT2D eigenvalue weighted by molar-refractivity contribution is -0.384. The van der Waals surface area contributed by atoms with Crippen molar-refractivity contribution in [2.45, 2.75) is 4.90 Å². The van der Waals surface area contributed by atoms with Gasteiger partial charge in [-0.1, -0.05) is 29.8 Å². The molecule has 0 bridgehead atoms. The zero-order valence-corrected chi connectivity index (χ0v) is 11.9. The Morgan fingerprint density at radius 3 is 2.55 bits per heavy atom. The molecule has 4 nitrogen and oxygen atoms in total. The number of halogens is 1. The molecule has 0 fully saturated rings. The van der Waals surface area contributed by atoms with Gasteiger partial charge in [0.2, 0.25) is 0 Å². The molecule has 0 spiro atoms. The number of nitrogens with zero attached hydrogens (tertiary/aromatic N) is 1. The van der Waals surface area contributed by atoms with Crippen LogP contribution in [0.5, 0.6) is 0 Å². The second kappa shape index (κ2) is 6.54. The molecule has 0 radical (unpaired) electrons. The normalized spacial score (nSPS) is 10.2. The number of nitro benzene ring substituents is 1. The molecule has 20 heavy (non-hydrogen) atoms. The molecule has 0 aromatic heterocycles. The number of carbonyl (C=O) groups excluding carboxylic acids is 1. The third-order valence-corrected chi connectivity index (χ3v) is 3.92. The first-order chi connectivity index (χ1) is 9.58. The Morgan fingerprint density at radius 2 is 1.90 bits per heavy atom. The Bertz CT molecular complexity index is 646. The van der Waals surface area contributed by atoms with Crippen LogP contribution in [0.3, 0.4) is 0 Å². The molecule has 0 heterocycles. The number of hydrogen-bond acceptors (Lipinski definition) is 4. The molecule has 0 saturated heterocycles. The van der Waals surface area contributed by atoms with Crippen molar-refractivity contribution in [3.8, 4) is 0 Å². The smallest absolute Gasteiger partial charge is 0.270 e. The van der Waals surface area contributed by atoms with Crippen molar-refractivity contribution in [2.75, 3.05) is 5.75 Å². The van der Waals surface area contributed by atoms with Crippen molar-refractivity contribution in [2.24, 2.45) is 0 Å². The Morgan fingerprint density at radius 1 is 1.20 bits per heavy atom. The summed E-state index contributed by atoms with van der Waals surface area (Å²) in [5.74, 6) is -0.0437. The van der Waals surface area contributed by atoms with Gasteiger partial charge in [-0.15, -0.1) is 11.8 Å². The fourth-order valence-electron chi connectivity index (χ4n) is 1.58. The van der Waals surface area contributed by atoms with Crippen LogP contribution >= 0.6 is 23.4 Å². The number of nitro groups is 1. The van der Waals surface area contributed by atoms with Gasteiger partial charge in [0, 0.05) is 22.6 Å². The lowest BCUT2D eigenvalue weighted by Gasteiger charge is -2.04. The van der Waals surface area contributed by atoms with Gasteiger partial charge in [0.1, 0.15) is 0 Å². The zero-order valence-electron chi connectivity index (χ0n) is 10.3. The van der Waals surface area contributed by atoms with Crippen molar-refractivity contribution in [1.82, 2.24) is 0 Å². The van der Waals surface area contributed by atoms with Crippen LogP contribution < -0.4 is 0 Å². The Hall–Kier alpha value is -1.85. The minimum absolute atomic E-state index is 0.137. The molecule has 0 aliphatic rings. The molecule has 102 valence electrons. The highest BCUT2D eigenvalue weighted by Crippen LogP contribution is 2.25. The number of rotatable bonds is 5. The van der Waals surface area contributed by atoms with Crippen LogP contribution in [0.1, 0.15) is 10.4 Å². The monoisotopic (exact) mass is 307 g/mol. The molecule has 0 N–H and O–H groups in total. The molecule has 0 atom stereocenters. The van der Waals surface area contributed by atoms with Crippen molar-refractivity contribution in [3.63, 3.8) is 0 Å². The minimum Gasteiger partial charge on any atom is -0.293 e. The van der Waals surface area contributed by atoms with Gasteiger partial charge in [-0.2, -0.15) is 0 Å². The van der Waals surface area contributed by atoms with Gasteiger partial charge < -0.3 is 0 Å². The van der Waals surface area contributed by atoms with E-state index in [0.29, 0.717) is 0 Å². The van der Waals surface area contributed by atoms with Crippen molar-refractivity contribution >= 4 is 34.8 Å². The van der Waals surface area contributed by atoms with Crippen LogP contribution in [-0.4, -0.2) is 16.5 Å². The minimum atomic E-state index is -0.544. The maximum atomic E-state index is 12.1. The number of non-ortho nitro benzene ring substituents is 1. The quantitative estimate of drug-likeness (QED) is 0.359. The fraction of sp³-hybridized carbons (Fsp3) is 0.0714. The van der Waals surface area contributed by atoms with Crippen molar-refractivity contribution in [3.05, 3.63) is 69.2 Å². The summed E-state index contributed by atoms with van der Waals surface area (Å²) in [5.41, 5.74) is 0.0479. The van der Waals surface area contributed by atoms with Crippen LogP contribution in [0.4, 0.5) is 5.69 Å². The topological polar surface area (TPSA) is 60.2 Å². The maximum absolute atomic E-state index is 12.1. The SMILES string of the molecule is O=C(CSc1ccccc1)c1cc([N+](=O)[O-])ccc1Cl. The highest BCUT2D eigenvalue weighted by Gasteiger charge is 2.15. The number of ketones is 1. The molecule has 0 aliphatic carbocycles. The van der Waals surface area contributed by atoms with E-state index in [1.165, 1.54) is 30.0 Å². The number of Topliss-reactive ketones (excluding diaryl/α,β-unsaturated/α-hetero) is 1.